The van der Waals surface area contributed by atoms with Crippen LogP contribution >= 0.6 is 0 Å². The second-order valence-electron chi connectivity index (χ2n) is 3.22. The minimum Gasteiger partial charge on any atom is -0.377 e. The van der Waals surface area contributed by atoms with Crippen molar-refractivity contribution in [3.63, 3.8) is 0 Å². The van der Waals surface area contributed by atoms with Crippen molar-refractivity contribution in [2.75, 3.05) is 6.61 Å². The van der Waals surface area contributed by atoms with Gasteiger partial charge in [0, 0.05) is 12.5 Å². The Morgan fingerprint density at radius 2 is 2.36 bits per heavy atom. The molecule has 2 atom stereocenters. The van der Waals surface area contributed by atoms with Crippen molar-refractivity contribution in [2.45, 2.75) is 39.2 Å². The van der Waals surface area contributed by atoms with Gasteiger partial charge in [0.2, 0.25) is 0 Å². The molecule has 0 aromatic rings. The van der Waals surface area contributed by atoms with E-state index in [9.17, 15) is 4.79 Å². The highest BCUT2D eigenvalue weighted by atomic mass is 16.5. The van der Waals surface area contributed by atoms with E-state index in [1.54, 1.807) is 6.92 Å². The van der Waals surface area contributed by atoms with E-state index in [1.165, 1.54) is 0 Å². The maximum absolute atomic E-state index is 10.8. The van der Waals surface area contributed by atoms with Crippen LogP contribution in [0.25, 0.3) is 0 Å². The predicted molar refractivity (Wildman–Crippen MR) is 43.4 cm³/mol. The second-order valence-corrected chi connectivity index (χ2v) is 3.22. The van der Waals surface area contributed by atoms with Gasteiger partial charge in [0.15, 0.2) is 0 Å². The van der Waals surface area contributed by atoms with Gasteiger partial charge in [-0.3, -0.25) is 4.79 Å². The molecule has 0 spiro atoms. The van der Waals surface area contributed by atoms with E-state index >= 15 is 0 Å². The average molecular weight is 156 g/mol. The quantitative estimate of drug-likeness (QED) is 0.567. The maximum Gasteiger partial charge on any atom is 0.135 e. The largest absolute Gasteiger partial charge is 0.377 e. The van der Waals surface area contributed by atoms with Gasteiger partial charge < -0.3 is 4.74 Å². The van der Waals surface area contributed by atoms with E-state index in [0.717, 1.165) is 25.9 Å². The summed E-state index contributed by atoms with van der Waals surface area (Å²) in [5.74, 6) is 0.512. The molecule has 0 bridgehead atoms. The van der Waals surface area contributed by atoms with Crippen LogP contribution in [-0.2, 0) is 9.53 Å². The topological polar surface area (TPSA) is 26.3 Å². The molecule has 1 rings (SSSR count). The average Bonchev–Trinajstić information content (AvgIpc) is 2.68. The van der Waals surface area contributed by atoms with Crippen molar-refractivity contribution >= 4 is 5.78 Å². The van der Waals surface area contributed by atoms with Crippen LogP contribution in [0.2, 0.25) is 0 Å². The van der Waals surface area contributed by atoms with E-state index in [2.05, 4.69) is 6.92 Å². The lowest BCUT2D eigenvalue weighted by Crippen LogP contribution is -2.03. The number of hydrogen-bond donors (Lipinski definition) is 0. The lowest BCUT2D eigenvalue weighted by Gasteiger charge is -1.99. The molecule has 0 aliphatic heterocycles. The molecule has 0 amide bonds. The van der Waals surface area contributed by atoms with Gasteiger partial charge in [-0.15, -0.1) is 0 Å². The SMILES string of the molecule is CCCCOC1CC1C(C)=O. The number of hydrogen-bond acceptors (Lipinski definition) is 2. The van der Waals surface area contributed by atoms with Gasteiger partial charge in [-0.2, -0.15) is 0 Å². The van der Waals surface area contributed by atoms with E-state index in [1.807, 2.05) is 0 Å². The van der Waals surface area contributed by atoms with E-state index in [4.69, 9.17) is 4.74 Å². The molecule has 64 valence electrons. The molecule has 1 aliphatic carbocycles. The molecule has 0 saturated heterocycles. The smallest absolute Gasteiger partial charge is 0.135 e. The van der Waals surface area contributed by atoms with Gasteiger partial charge in [0.25, 0.3) is 0 Å². The summed E-state index contributed by atoms with van der Waals surface area (Å²) < 4.78 is 5.45. The summed E-state index contributed by atoms with van der Waals surface area (Å²) in [7, 11) is 0. The molecular weight excluding hydrogens is 140 g/mol. The normalized spacial score (nSPS) is 28.5. The zero-order valence-electron chi connectivity index (χ0n) is 7.30. The maximum atomic E-state index is 10.8. The van der Waals surface area contributed by atoms with Crippen molar-refractivity contribution in [1.82, 2.24) is 0 Å². The standard InChI is InChI=1S/C9H16O2/c1-3-4-5-11-9-6-8(9)7(2)10/h8-9H,3-6H2,1-2H3. The molecule has 2 unspecified atom stereocenters. The van der Waals surface area contributed by atoms with Crippen LogP contribution in [-0.4, -0.2) is 18.5 Å². The predicted octanol–water partition coefficient (Wildman–Crippen LogP) is 1.78. The van der Waals surface area contributed by atoms with Crippen molar-refractivity contribution in [3.05, 3.63) is 0 Å². The lowest BCUT2D eigenvalue weighted by molar-refractivity contribution is -0.119. The van der Waals surface area contributed by atoms with Crippen molar-refractivity contribution in [2.24, 2.45) is 5.92 Å². The summed E-state index contributed by atoms with van der Waals surface area (Å²) >= 11 is 0. The molecule has 0 N–H and O–H groups in total. The van der Waals surface area contributed by atoms with E-state index in [0.29, 0.717) is 0 Å². The first-order chi connectivity index (χ1) is 5.25. The molecule has 0 aromatic carbocycles. The van der Waals surface area contributed by atoms with Gasteiger partial charge in [-0.1, -0.05) is 13.3 Å². The number of ketones is 1. The van der Waals surface area contributed by atoms with Crippen LogP contribution < -0.4 is 0 Å². The fourth-order valence-corrected chi connectivity index (χ4v) is 1.16. The summed E-state index contributed by atoms with van der Waals surface area (Å²) in [4.78, 5) is 10.8. The summed E-state index contributed by atoms with van der Waals surface area (Å²) in [5.41, 5.74) is 0. The number of Topliss-reactive ketones (excluding diaryl/α,β-unsaturated/α-hetero) is 1. The number of ether oxygens (including phenoxy) is 1. The summed E-state index contributed by atoms with van der Waals surface area (Å²) in [6.45, 7) is 4.61. The lowest BCUT2D eigenvalue weighted by atomic mass is 10.3. The number of carbonyl (C=O) groups excluding carboxylic acids is 1. The molecule has 1 saturated carbocycles. The van der Waals surface area contributed by atoms with Gasteiger partial charge in [-0.05, 0) is 19.8 Å². The zero-order valence-corrected chi connectivity index (χ0v) is 7.30. The fraction of sp³-hybridized carbons (Fsp3) is 0.889. The molecule has 2 nitrogen and oxygen atoms in total. The molecule has 1 aliphatic rings. The number of rotatable bonds is 5. The molecule has 1 fully saturated rings. The Morgan fingerprint density at radius 3 is 2.82 bits per heavy atom. The third kappa shape index (κ3) is 2.62. The minimum absolute atomic E-state index is 0.229. The van der Waals surface area contributed by atoms with E-state index in [-0.39, 0.29) is 17.8 Å². The molecule has 0 aromatic heterocycles. The number of carbonyl (C=O) groups is 1. The first-order valence-electron chi connectivity index (χ1n) is 4.37. The Bertz CT molecular complexity index is 142. The number of unbranched alkanes of at least 4 members (excludes halogenated alkanes) is 1. The Hall–Kier alpha value is -0.370. The van der Waals surface area contributed by atoms with Crippen LogP contribution in [0.15, 0.2) is 0 Å². The molecule has 11 heavy (non-hydrogen) atoms. The Balaban J connectivity index is 2.00. The first kappa shape index (κ1) is 8.72. The molecule has 0 radical (unpaired) electrons. The van der Waals surface area contributed by atoms with Crippen LogP contribution in [0.5, 0.6) is 0 Å². The zero-order chi connectivity index (χ0) is 8.27. The fourth-order valence-electron chi connectivity index (χ4n) is 1.16. The van der Waals surface area contributed by atoms with Crippen LogP contribution in [0.4, 0.5) is 0 Å². The highest BCUT2D eigenvalue weighted by Crippen LogP contribution is 2.34. The first-order valence-corrected chi connectivity index (χ1v) is 4.37. The summed E-state index contributed by atoms with van der Waals surface area (Å²) in [6.07, 6.45) is 3.50. The van der Waals surface area contributed by atoms with Crippen molar-refractivity contribution in [1.29, 1.82) is 0 Å². The highest BCUT2D eigenvalue weighted by molar-refractivity contribution is 5.81. The van der Waals surface area contributed by atoms with Crippen molar-refractivity contribution < 1.29 is 9.53 Å². The molecular formula is C9H16O2. The molecule has 2 heteroatoms. The monoisotopic (exact) mass is 156 g/mol. The van der Waals surface area contributed by atoms with Gasteiger partial charge >= 0.3 is 0 Å². The minimum atomic E-state index is 0.229. The van der Waals surface area contributed by atoms with Gasteiger partial charge in [0.05, 0.1) is 6.10 Å². The Morgan fingerprint density at radius 1 is 1.64 bits per heavy atom. The third-order valence-corrected chi connectivity index (χ3v) is 2.08. The van der Waals surface area contributed by atoms with Crippen LogP contribution in [0, 0.1) is 5.92 Å². The highest BCUT2D eigenvalue weighted by Gasteiger charge is 2.41. The molecule has 0 heterocycles. The Kier molecular flexibility index (Phi) is 3.06. The third-order valence-electron chi connectivity index (χ3n) is 2.08. The Labute approximate surface area is 67.9 Å². The van der Waals surface area contributed by atoms with Gasteiger partial charge in [0.1, 0.15) is 5.78 Å². The van der Waals surface area contributed by atoms with Crippen LogP contribution in [0.3, 0.4) is 0 Å². The summed E-state index contributed by atoms with van der Waals surface area (Å²) in [5, 5.41) is 0. The van der Waals surface area contributed by atoms with Gasteiger partial charge in [-0.25, -0.2) is 0 Å². The summed E-state index contributed by atoms with van der Waals surface area (Å²) in [6, 6.07) is 0. The van der Waals surface area contributed by atoms with Crippen molar-refractivity contribution in [3.8, 4) is 0 Å². The van der Waals surface area contributed by atoms with E-state index < -0.39 is 0 Å². The van der Waals surface area contributed by atoms with Crippen LogP contribution in [0.1, 0.15) is 33.1 Å². The second kappa shape index (κ2) is 3.86.